The zero-order chi connectivity index (χ0) is 26.4. The van der Waals surface area contributed by atoms with Crippen LogP contribution in [-0.4, -0.2) is 36.1 Å². The lowest BCUT2D eigenvalue weighted by molar-refractivity contribution is -0.0201. The van der Waals surface area contributed by atoms with Crippen LogP contribution in [0.4, 0.5) is 0 Å². The minimum atomic E-state index is -3.50. The summed E-state index contributed by atoms with van der Waals surface area (Å²) in [6.45, 7) is 6.45. The number of sulfone groups is 1. The molecule has 5 rings (SSSR count). The van der Waals surface area contributed by atoms with Crippen molar-refractivity contribution in [2.75, 3.05) is 0 Å². The Bertz CT molecular complexity index is 1060. The summed E-state index contributed by atoms with van der Waals surface area (Å²) >= 11 is 0. The third kappa shape index (κ3) is 5.22. The summed E-state index contributed by atoms with van der Waals surface area (Å²) in [7, 11) is -3.50. The first-order chi connectivity index (χ1) is 17.6. The molecule has 0 saturated heterocycles. The molecule has 0 amide bonds. The molecule has 4 aliphatic carbocycles. The molecule has 3 fully saturated rings. The van der Waals surface area contributed by atoms with Crippen molar-refractivity contribution in [2.24, 2.45) is 40.9 Å². The number of allylic oxidation sites excluding steroid dienone is 1. The van der Waals surface area contributed by atoms with Crippen LogP contribution < -0.4 is 0 Å². The fraction of sp³-hybridized carbons (Fsp3) is 0.750. The van der Waals surface area contributed by atoms with Gasteiger partial charge in [0.15, 0.2) is 9.84 Å². The Morgan fingerprint density at radius 2 is 1.78 bits per heavy atom. The first-order valence-corrected chi connectivity index (χ1v) is 16.5. The molecule has 0 aliphatic heterocycles. The SMILES string of the molecule is CC(C)C(O)CC(CCC1CCC2C3CC=C4CC(O)CCC4C3CCC12C)S(=O)(=O)c1ccccc1. The van der Waals surface area contributed by atoms with E-state index in [-0.39, 0.29) is 12.0 Å². The smallest absolute Gasteiger partial charge is 0.181 e. The van der Waals surface area contributed by atoms with E-state index < -0.39 is 21.2 Å². The highest BCUT2D eigenvalue weighted by atomic mass is 32.2. The summed E-state index contributed by atoms with van der Waals surface area (Å²) in [4.78, 5) is 0.384. The summed E-state index contributed by atoms with van der Waals surface area (Å²) in [6.07, 6.45) is 12.8. The van der Waals surface area contributed by atoms with Crippen molar-refractivity contribution in [1.82, 2.24) is 0 Å². The van der Waals surface area contributed by atoms with Crippen LogP contribution in [0.2, 0.25) is 0 Å². The van der Waals surface area contributed by atoms with Crippen LogP contribution >= 0.6 is 0 Å². The number of rotatable bonds is 8. The Morgan fingerprint density at radius 1 is 1.03 bits per heavy atom. The van der Waals surface area contributed by atoms with Gasteiger partial charge in [0.2, 0.25) is 0 Å². The molecule has 0 radical (unpaired) electrons. The molecule has 2 N–H and O–H groups in total. The van der Waals surface area contributed by atoms with Crippen molar-refractivity contribution in [3.63, 3.8) is 0 Å². The van der Waals surface area contributed by atoms with Crippen LogP contribution in [0.25, 0.3) is 0 Å². The maximum atomic E-state index is 13.7. The molecule has 37 heavy (non-hydrogen) atoms. The normalized spacial score (nSPS) is 37.3. The average molecular weight is 529 g/mol. The second-order valence-electron chi connectivity index (χ2n) is 13.4. The summed E-state index contributed by atoms with van der Waals surface area (Å²) < 4.78 is 27.3. The fourth-order valence-corrected chi connectivity index (χ4v) is 10.8. The van der Waals surface area contributed by atoms with Crippen molar-refractivity contribution in [1.29, 1.82) is 0 Å². The maximum Gasteiger partial charge on any atom is 0.181 e. The molecule has 0 heterocycles. The summed E-state index contributed by atoms with van der Waals surface area (Å²) in [5, 5.41) is 20.3. The summed E-state index contributed by atoms with van der Waals surface area (Å²) in [5.41, 5.74) is 1.83. The van der Waals surface area contributed by atoms with Crippen LogP contribution in [0, 0.1) is 40.9 Å². The molecule has 3 saturated carbocycles. The Balaban J connectivity index is 1.31. The molecule has 9 atom stereocenters. The van der Waals surface area contributed by atoms with E-state index in [9.17, 15) is 18.6 Å². The molecular weight excluding hydrogens is 480 g/mol. The molecular formula is C32H48O4S. The lowest BCUT2D eigenvalue weighted by atomic mass is 9.51. The van der Waals surface area contributed by atoms with Gasteiger partial charge in [-0.2, -0.15) is 0 Å². The first-order valence-electron chi connectivity index (χ1n) is 14.9. The highest BCUT2D eigenvalue weighted by Gasteiger charge is 2.55. The third-order valence-electron chi connectivity index (χ3n) is 11.2. The molecule has 206 valence electrons. The Morgan fingerprint density at radius 3 is 2.51 bits per heavy atom. The molecule has 4 nitrogen and oxygen atoms in total. The van der Waals surface area contributed by atoms with Crippen LogP contribution in [0.3, 0.4) is 0 Å². The second-order valence-corrected chi connectivity index (χ2v) is 15.6. The number of fused-ring (bicyclic) bond motifs is 5. The molecule has 1 aromatic carbocycles. The number of benzene rings is 1. The van der Waals surface area contributed by atoms with Gasteiger partial charge in [0.1, 0.15) is 0 Å². The van der Waals surface area contributed by atoms with Crippen LogP contribution in [0.15, 0.2) is 46.9 Å². The number of aliphatic hydroxyl groups is 2. The van der Waals surface area contributed by atoms with Crippen molar-refractivity contribution >= 4 is 9.84 Å². The Labute approximate surface area is 224 Å². The second kappa shape index (κ2) is 10.8. The number of hydrogen-bond acceptors (Lipinski definition) is 4. The molecule has 1 aromatic rings. The van der Waals surface area contributed by atoms with E-state index in [1.54, 1.807) is 24.3 Å². The van der Waals surface area contributed by atoms with Gasteiger partial charge in [0.25, 0.3) is 0 Å². The molecule has 9 unspecified atom stereocenters. The summed E-state index contributed by atoms with van der Waals surface area (Å²) in [6, 6.07) is 8.84. The van der Waals surface area contributed by atoms with Crippen LogP contribution in [0.5, 0.6) is 0 Å². The van der Waals surface area contributed by atoms with E-state index in [1.807, 2.05) is 19.9 Å². The monoisotopic (exact) mass is 528 g/mol. The third-order valence-corrected chi connectivity index (χ3v) is 13.5. The van der Waals surface area contributed by atoms with E-state index in [0.29, 0.717) is 35.0 Å². The van der Waals surface area contributed by atoms with Crippen molar-refractivity contribution in [3.05, 3.63) is 42.0 Å². The lowest BCUT2D eigenvalue weighted by Crippen LogP contribution is -2.46. The van der Waals surface area contributed by atoms with Gasteiger partial charge < -0.3 is 10.2 Å². The largest absolute Gasteiger partial charge is 0.393 e. The predicted octanol–water partition coefficient (Wildman–Crippen LogP) is 6.57. The highest BCUT2D eigenvalue weighted by molar-refractivity contribution is 7.92. The quantitative estimate of drug-likeness (QED) is 0.375. The van der Waals surface area contributed by atoms with Crippen molar-refractivity contribution < 1.29 is 18.6 Å². The highest BCUT2D eigenvalue weighted by Crippen LogP contribution is 2.64. The topological polar surface area (TPSA) is 74.6 Å². The minimum Gasteiger partial charge on any atom is -0.393 e. The van der Waals surface area contributed by atoms with Gasteiger partial charge in [-0.25, -0.2) is 8.42 Å². The Hall–Kier alpha value is -1.17. The minimum absolute atomic E-state index is 0.0438. The standard InChI is InChI=1S/C32H48O4S/c1-21(2)31(34)20-26(37(35,36)25-7-5-4-6-8-25)13-10-23-11-16-30-29-14-9-22-19-24(33)12-15-27(22)28(29)17-18-32(23,30)3/h4-9,21,23-24,26-31,33-34H,10-20H2,1-3H3. The van der Waals surface area contributed by atoms with Crippen LogP contribution in [0.1, 0.15) is 91.4 Å². The van der Waals surface area contributed by atoms with Gasteiger partial charge >= 0.3 is 0 Å². The molecule has 0 spiro atoms. The fourth-order valence-electron chi connectivity index (χ4n) is 8.96. The molecule has 0 bridgehead atoms. The van der Waals surface area contributed by atoms with Gasteiger partial charge in [-0.05, 0) is 124 Å². The summed E-state index contributed by atoms with van der Waals surface area (Å²) in [5.74, 6) is 3.54. The van der Waals surface area contributed by atoms with Crippen molar-refractivity contribution in [2.45, 2.75) is 114 Å². The van der Waals surface area contributed by atoms with Crippen molar-refractivity contribution in [3.8, 4) is 0 Å². The zero-order valence-corrected chi connectivity index (χ0v) is 23.9. The van der Waals surface area contributed by atoms with Gasteiger partial charge in [-0.15, -0.1) is 0 Å². The molecule has 4 aliphatic rings. The average Bonchev–Trinajstić information content (AvgIpc) is 3.22. The molecule has 0 aromatic heterocycles. The van der Waals surface area contributed by atoms with E-state index >= 15 is 0 Å². The van der Waals surface area contributed by atoms with E-state index in [2.05, 4.69) is 13.0 Å². The maximum absolute atomic E-state index is 13.7. The first kappa shape index (κ1) is 27.4. The van der Waals surface area contributed by atoms with E-state index in [4.69, 9.17) is 0 Å². The number of hydrogen-bond donors (Lipinski definition) is 2. The molecule has 5 heteroatoms. The Kier molecular flexibility index (Phi) is 7.98. The number of aliphatic hydroxyl groups excluding tert-OH is 2. The van der Waals surface area contributed by atoms with E-state index in [1.165, 1.54) is 37.7 Å². The van der Waals surface area contributed by atoms with E-state index in [0.717, 1.165) is 43.4 Å². The van der Waals surface area contributed by atoms with Crippen LogP contribution in [-0.2, 0) is 9.84 Å². The lowest BCUT2D eigenvalue weighted by Gasteiger charge is -2.54. The van der Waals surface area contributed by atoms with Gasteiger partial charge in [-0.3, -0.25) is 0 Å². The van der Waals surface area contributed by atoms with Gasteiger partial charge in [0, 0.05) is 0 Å². The van der Waals surface area contributed by atoms with Gasteiger partial charge in [-0.1, -0.05) is 50.6 Å². The van der Waals surface area contributed by atoms with Gasteiger partial charge in [0.05, 0.1) is 22.4 Å². The zero-order valence-electron chi connectivity index (χ0n) is 23.1. The predicted molar refractivity (Wildman–Crippen MR) is 149 cm³/mol.